The Hall–Kier alpha value is -1.01. The van der Waals surface area contributed by atoms with E-state index in [2.05, 4.69) is 40.1 Å². The summed E-state index contributed by atoms with van der Waals surface area (Å²) in [5, 5.41) is 9.68. The van der Waals surface area contributed by atoms with Crippen LogP contribution in [0.3, 0.4) is 0 Å². The second-order valence-corrected chi connectivity index (χ2v) is 5.97. The van der Waals surface area contributed by atoms with E-state index in [1.807, 2.05) is 6.08 Å². The molecule has 1 aliphatic rings. The number of hydrogen-bond donors (Lipinski definition) is 0. The molecule has 0 saturated carbocycles. The third kappa shape index (κ3) is 3.73. The second kappa shape index (κ2) is 6.96. The van der Waals surface area contributed by atoms with Gasteiger partial charge in [0.1, 0.15) is 0 Å². The molecule has 2 rings (SSSR count). The molecule has 0 amide bonds. The van der Waals surface area contributed by atoms with Gasteiger partial charge in [-0.1, -0.05) is 31.7 Å². The minimum absolute atomic E-state index is 0.568. The van der Waals surface area contributed by atoms with Gasteiger partial charge in [-0.05, 0) is 5.92 Å². The maximum atomic E-state index is 5.40. The van der Waals surface area contributed by atoms with E-state index < -0.39 is 0 Å². The van der Waals surface area contributed by atoms with Crippen LogP contribution >= 0.6 is 11.8 Å². The number of thioether (sulfide) groups is 1. The first-order chi connectivity index (χ1) is 9.22. The van der Waals surface area contributed by atoms with Gasteiger partial charge in [-0.25, -0.2) is 0 Å². The minimum atomic E-state index is 0.568. The summed E-state index contributed by atoms with van der Waals surface area (Å²) >= 11 is 1.69. The highest BCUT2D eigenvalue weighted by molar-refractivity contribution is 7.99. The Balaban J connectivity index is 2.20. The molecule has 1 aromatic heterocycles. The van der Waals surface area contributed by atoms with Crippen LogP contribution in [0.1, 0.15) is 13.8 Å². The van der Waals surface area contributed by atoms with Crippen molar-refractivity contribution in [3.05, 3.63) is 12.7 Å². The monoisotopic (exact) mass is 282 g/mol. The van der Waals surface area contributed by atoms with Crippen molar-refractivity contribution in [2.75, 3.05) is 37.0 Å². The van der Waals surface area contributed by atoms with Crippen molar-refractivity contribution in [1.82, 2.24) is 14.8 Å². The Morgan fingerprint density at radius 2 is 2.11 bits per heavy atom. The van der Waals surface area contributed by atoms with Crippen LogP contribution in [0, 0.1) is 5.92 Å². The Labute approximate surface area is 119 Å². The molecule has 0 aromatic carbocycles. The normalized spacial score (nSPS) is 16.1. The van der Waals surface area contributed by atoms with Crippen LogP contribution in [0.25, 0.3) is 0 Å². The number of morpholine rings is 1. The van der Waals surface area contributed by atoms with E-state index in [-0.39, 0.29) is 0 Å². The quantitative estimate of drug-likeness (QED) is 0.590. The number of nitrogens with zero attached hydrogens (tertiary/aromatic N) is 4. The van der Waals surface area contributed by atoms with Crippen LogP contribution < -0.4 is 4.90 Å². The predicted molar refractivity (Wildman–Crippen MR) is 78.8 cm³/mol. The van der Waals surface area contributed by atoms with Crippen molar-refractivity contribution in [3.63, 3.8) is 0 Å². The molecule has 1 saturated heterocycles. The molecule has 1 aliphatic heterocycles. The third-order valence-electron chi connectivity index (χ3n) is 2.87. The SMILES string of the molecule is C=CCSc1nnc(N2CCOCC2)n1CC(C)C. The van der Waals surface area contributed by atoms with E-state index in [1.54, 1.807) is 11.8 Å². The lowest BCUT2D eigenvalue weighted by Gasteiger charge is -2.28. The lowest BCUT2D eigenvalue weighted by Crippen LogP contribution is -2.38. The lowest BCUT2D eigenvalue weighted by atomic mass is 10.2. The van der Waals surface area contributed by atoms with Gasteiger partial charge in [-0.15, -0.1) is 16.8 Å². The number of rotatable bonds is 6. The van der Waals surface area contributed by atoms with Gasteiger partial charge in [0, 0.05) is 25.4 Å². The van der Waals surface area contributed by atoms with Crippen molar-refractivity contribution < 1.29 is 4.74 Å². The van der Waals surface area contributed by atoms with Crippen molar-refractivity contribution >= 4 is 17.7 Å². The average molecular weight is 282 g/mol. The fraction of sp³-hybridized carbons (Fsp3) is 0.692. The van der Waals surface area contributed by atoms with Gasteiger partial charge < -0.3 is 9.64 Å². The van der Waals surface area contributed by atoms with Gasteiger partial charge in [0.25, 0.3) is 0 Å². The maximum Gasteiger partial charge on any atom is 0.228 e. The molecule has 0 aliphatic carbocycles. The lowest BCUT2D eigenvalue weighted by molar-refractivity contribution is 0.121. The molecule has 0 N–H and O–H groups in total. The van der Waals surface area contributed by atoms with Crippen LogP contribution in [0.2, 0.25) is 0 Å². The minimum Gasteiger partial charge on any atom is -0.378 e. The molecule has 0 atom stereocenters. The summed E-state index contributed by atoms with van der Waals surface area (Å²) in [4.78, 5) is 2.26. The van der Waals surface area contributed by atoms with Gasteiger partial charge in [-0.2, -0.15) is 0 Å². The molecule has 0 unspecified atom stereocenters. The van der Waals surface area contributed by atoms with Crippen LogP contribution in [-0.4, -0.2) is 46.8 Å². The maximum absolute atomic E-state index is 5.40. The van der Waals surface area contributed by atoms with E-state index >= 15 is 0 Å². The molecule has 0 spiro atoms. The highest BCUT2D eigenvalue weighted by Gasteiger charge is 2.20. The number of ether oxygens (including phenoxy) is 1. The Morgan fingerprint density at radius 3 is 2.74 bits per heavy atom. The molecule has 19 heavy (non-hydrogen) atoms. The van der Waals surface area contributed by atoms with Gasteiger partial charge in [0.15, 0.2) is 5.16 Å². The number of anilines is 1. The topological polar surface area (TPSA) is 43.2 Å². The molecule has 0 bridgehead atoms. The molecule has 1 fully saturated rings. The van der Waals surface area contributed by atoms with E-state index in [9.17, 15) is 0 Å². The summed E-state index contributed by atoms with van der Waals surface area (Å²) < 4.78 is 7.62. The highest BCUT2D eigenvalue weighted by Crippen LogP contribution is 2.24. The van der Waals surface area contributed by atoms with Crippen LogP contribution in [-0.2, 0) is 11.3 Å². The van der Waals surface area contributed by atoms with Gasteiger partial charge >= 0.3 is 0 Å². The van der Waals surface area contributed by atoms with Gasteiger partial charge in [-0.3, -0.25) is 4.57 Å². The summed E-state index contributed by atoms with van der Waals surface area (Å²) in [5.74, 6) is 2.40. The molecule has 0 radical (unpaired) electrons. The van der Waals surface area contributed by atoms with Crippen molar-refractivity contribution in [3.8, 4) is 0 Å². The zero-order valence-corrected chi connectivity index (χ0v) is 12.5. The Kier molecular flexibility index (Phi) is 5.27. The Morgan fingerprint density at radius 1 is 1.37 bits per heavy atom. The number of aromatic nitrogens is 3. The van der Waals surface area contributed by atoms with Gasteiger partial charge in [0.2, 0.25) is 5.95 Å². The summed E-state index contributed by atoms with van der Waals surface area (Å²) in [6.45, 7) is 12.4. The van der Waals surface area contributed by atoms with E-state index in [0.717, 1.165) is 49.7 Å². The van der Waals surface area contributed by atoms with Crippen molar-refractivity contribution in [2.24, 2.45) is 5.92 Å². The van der Waals surface area contributed by atoms with Crippen LogP contribution in [0.5, 0.6) is 0 Å². The summed E-state index contributed by atoms with van der Waals surface area (Å²) in [7, 11) is 0. The standard InChI is InChI=1S/C13H22N4OS/c1-4-9-19-13-15-14-12(17(13)10-11(2)3)16-5-7-18-8-6-16/h4,11H,1,5-10H2,2-3H3. The van der Waals surface area contributed by atoms with E-state index in [1.165, 1.54) is 0 Å². The van der Waals surface area contributed by atoms with Crippen molar-refractivity contribution in [1.29, 1.82) is 0 Å². The third-order valence-corrected chi connectivity index (χ3v) is 3.83. The van der Waals surface area contributed by atoms with Gasteiger partial charge in [0.05, 0.1) is 13.2 Å². The molecule has 1 aromatic rings. The summed E-state index contributed by atoms with van der Waals surface area (Å²) in [6.07, 6.45) is 1.90. The van der Waals surface area contributed by atoms with Crippen LogP contribution in [0.4, 0.5) is 5.95 Å². The molecule has 5 nitrogen and oxygen atoms in total. The Bertz CT molecular complexity index is 413. The van der Waals surface area contributed by atoms with E-state index in [4.69, 9.17) is 4.74 Å². The van der Waals surface area contributed by atoms with Crippen LogP contribution in [0.15, 0.2) is 17.8 Å². The van der Waals surface area contributed by atoms with E-state index in [0.29, 0.717) is 5.92 Å². The largest absolute Gasteiger partial charge is 0.378 e. The fourth-order valence-electron chi connectivity index (χ4n) is 2.04. The molecule has 6 heteroatoms. The first-order valence-corrected chi connectivity index (χ1v) is 7.70. The van der Waals surface area contributed by atoms with Crippen molar-refractivity contribution in [2.45, 2.75) is 25.5 Å². The first kappa shape index (κ1) is 14.4. The fourth-order valence-corrected chi connectivity index (χ4v) is 2.72. The second-order valence-electron chi connectivity index (χ2n) is 4.99. The average Bonchev–Trinajstić information content (AvgIpc) is 2.79. The smallest absolute Gasteiger partial charge is 0.228 e. The molecule has 106 valence electrons. The molecular formula is C13H22N4OS. The molecule has 2 heterocycles. The predicted octanol–water partition coefficient (Wildman–Crippen LogP) is 2.05. The zero-order chi connectivity index (χ0) is 13.7. The number of hydrogen-bond acceptors (Lipinski definition) is 5. The highest BCUT2D eigenvalue weighted by atomic mass is 32.2. The first-order valence-electron chi connectivity index (χ1n) is 6.72. The molecular weight excluding hydrogens is 260 g/mol. The summed E-state index contributed by atoms with van der Waals surface area (Å²) in [5.41, 5.74) is 0. The zero-order valence-electron chi connectivity index (χ0n) is 11.7. The summed E-state index contributed by atoms with van der Waals surface area (Å²) in [6, 6.07) is 0.